The number of benzene rings is 2. The molecule has 34 heavy (non-hydrogen) atoms. The summed E-state index contributed by atoms with van der Waals surface area (Å²) in [5, 5.41) is 4.63. The first-order chi connectivity index (χ1) is 16.5. The van der Waals surface area contributed by atoms with Gasteiger partial charge in [0.1, 0.15) is 0 Å². The monoisotopic (exact) mass is 491 g/mol. The fourth-order valence-electron chi connectivity index (χ4n) is 3.85. The van der Waals surface area contributed by atoms with Gasteiger partial charge in [-0.2, -0.15) is 0 Å². The molecule has 1 aromatic heterocycles. The second-order valence-corrected chi connectivity index (χ2v) is 9.64. The molecule has 3 aromatic rings. The average molecular weight is 492 g/mol. The molecule has 3 heterocycles. The summed E-state index contributed by atoms with van der Waals surface area (Å²) in [5.74, 6) is -0.267. The summed E-state index contributed by atoms with van der Waals surface area (Å²) >= 11 is 7.60. The second kappa shape index (κ2) is 9.58. The topological polar surface area (TPSA) is 77.9 Å². The van der Waals surface area contributed by atoms with Crippen LogP contribution < -0.4 is 5.32 Å². The maximum atomic E-state index is 12.9. The van der Waals surface area contributed by atoms with Crippen LogP contribution in [0, 0.1) is 0 Å². The Kier molecular flexibility index (Phi) is 6.36. The van der Waals surface area contributed by atoms with Gasteiger partial charge in [0, 0.05) is 43.3 Å². The van der Waals surface area contributed by atoms with E-state index in [9.17, 15) is 9.59 Å². The maximum Gasteiger partial charge on any atom is 0.264 e. The van der Waals surface area contributed by atoms with Gasteiger partial charge < -0.3 is 15.1 Å². The number of piperazine rings is 1. The van der Waals surface area contributed by atoms with Gasteiger partial charge in [-0.3, -0.25) is 14.6 Å². The van der Waals surface area contributed by atoms with Crippen molar-refractivity contribution in [1.82, 2.24) is 20.1 Å². The number of fused-ring (bicyclic) bond motifs is 1. The summed E-state index contributed by atoms with van der Waals surface area (Å²) in [5.41, 5.74) is 2.78. The van der Waals surface area contributed by atoms with Crippen molar-refractivity contribution < 1.29 is 9.59 Å². The van der Waals surface area contributed by atoms with E-state index in [1.165, 1.54) is 11.8 Å². The van der Waals surface area contributed by atoms with Gasteiger partial charge >= 0.3 is 0 Å². The summed E-state index contributed by atoms with van der Waals surface area (Å²) < 4.78 is 0. The predicted molar refractivity (Wildman–Crippen MR) is 137 cm³/mol. The molecule has 2 aliphatic rings. The Hall–Kier alpha value is -3.20. The van der Waals surface area contributed by atoms with Crippen LogP contribution in [-0.2, 0) is 4.79 Å². The van der Waals surface area contributed by atoms with Crippen LogP contribution in [-0.4, -0.2) is 65.0 Å². The highest BCUT2D eigenvalue weighted by Crippen LogP contribution is 2.32. The number of likely N-dealkylation sites (N-methyl/N-ethyl adjacent to an activating group) is 1. The molecule has 0 spiro atoms. The number of nitrogens with zero attached hydrogens (tertiary/aromatic N) is 4. The van der Waals surface area contributed by atoms with Crippen LogP contribution in [0.3, 0.4) is 0 Å². The van der Waals surface area contributed by atoms with E-state index in [1.54, 1.807) is 24.4 Å². The molecule has 0 aliphatic carbocycles. The average Bonchev–Trinajstić information content (AvgIpc) is 3.18. The number of nitrogens with one attached hydrogen (secondary N) is 1. The van der Waals surface area contributed by atoms with E-state index >= 15 is 0 Å². The van der Waals surface area contributed by atoms with Crippen molar-refractivity contribution in [3.63, 3.8) is 0 Å². The van der Waals surface area contributed by atoms with Gasteiger partial charge in [-0.1, -0.05) is 23.7 Å². The van der Waals surface area contributed by atoms with Crippen LogP contribution in [0.2, 0.25) is 5.02 Å². The van der Waals surface area contributed by atoms with Gasteiger partial charge in [0.2, 0.25) is 0 Å². The molecule has 0 atom stereocenters. The molecule has 2 aromatic carbocycles. The molecule has 2 aliphatic heterocycles. The molecular weight excluding hydrogens is 470 g/mol. The molecule has 0 saturated carbocycles. The summed E-state index contributed by atoms with van der Waals surface area (Å²) in [7, 11) is 2.05. The number of thioether (sulfide) groups is 1. The van der Waals surface area contributed by atoms with E-state index in [-0.39, 0.29) is 11.8 Å². The van der Waals surface area contributed by atoms with E-state index < -0.39 is 0 Å². The van der Waals surface area contributed by atoms with E-state index in [0.717, 1.165) is 29.6 Å². The Labute approximate surface area is 206 Å². The number of halogens is 1. The van der Waals surface area contributed by atoms with E-state index in [2.05, 4.69) is 20.2 Å². The lowest BCUT2D eigenvalue weighted by Gasteiger charge is -2.32. The number of aliphatic imine (C=N–C) groups is 1. The lowest BCUT2D eigenvalue weighted by molar-refractivity contribution is -0.115. The summed E-state index contributed by atoms with van der Waals surface area (Å²) in [6.45, 7) is 3.07. The van der Waals surface area contributed by atoms with Gasteiger partial charge in [0.15, 0.2) is 5.17 Å². The third kappa shape index (κ3) is 4.84. The minimum Gasteiger partial charge on any atom is -0.336 e. The highest BCUT2D eigenvalue weighted by Gasteiger charge is 2.25. The van der Waals surface area contributed by atoms with Crippen molar-refractivity contribution in [3.05, 3.63) is 75.8 Å². The van der Waals surface area contributed by atoms with Gasteiger partial charge in [-0.05, 0) is 66.8 Å². The van der Waals surface area contributed by atoms with Gasteiger partial charge in [-0.25, -0.2) is 4.99 Å². The third-order valence-electron chi connectivity index (χ3n) is 5.78. The zero-order chi connectivity index (χ0) is 23.7. The number of hydrogen-bond acceptors (Lipinski definition) is 6. The van der Waals surface area contributed by atoms with Crippen molar-refractivity contribution in [3.8, 4) is 0 Å². The van der Waals surface area contributed by atoms with Crippen molar-refractivity contribution in [2.45, 2.75) is 0 Å². The Morgan fingerprint density at radius 1 is 1.15 bits per heavy atom. The summed E-state index contributed by atoms with van der Waals surface area (Å²) in [6, 6.07) is 14.8. The zero-order valence-electron chi connectivity index (χ0n) is 18.5. The number of pyridine rings is 1. The highest BCUT2D eigenvalue weighted by atomic mass is 35.5. The molecule has 2 amide bonds. The SMILES string of the molecule is CN1CCN(C(=O)c2ccc(Cl)c(N=C3NC(=O)C(=Cc4ccc5ncccc5c4)S3)c2)CC1. The van der Waals surface area contributed by atoms with E-state index in [0.29, 0.717) is 39.4 Å². The number of carbonyl (C=O) groups excluding carboxylic acids is 2. The minimum atomic E-state index is -0.226. The number of aromatic nitrogens is 1. The molecular formula is C25H22ClN5O2S. The van der Waals surface area contributed by atoms with Gasteiger partial charge in [0.05, 0.1) is 21.1 Å². The van der Waals surface area contributed by atoms with Crippen LogP contribution >= 0.6 is 23.4 Å². The Morgan fingerprint density at radius 2 is 1.97 bits per heavy atom. The fourth-order valence-corrected chi connectivity index (χ4v) is 4.84. The summed E-state index contributed by atoms with van der Waals surface area (Å²) in [4.78, 5) is 38.9. The molecule has 172 valence electrons. The zero-order valence-corrected chi connectivity index (χ0v) is 20.1. The van der Waals surface area contributed by atoms with Gasteiger partial charge in [0.25, 0.3) is 11.8 Å². The number of amidine groups is 1. The molecule has 1 N–H and O–H groups in total. The number of hydrogen-bond donors (Lipinski definition) is 1. The lowest BCUT2D eigenvalue weighted by Crippen LogP contribution is -2.47. The fraction of sp³-hybridized carbons (Fsp3) is 0.200. The molecule has 0 unspecified atom stereocenters. The van der Waals surface area contributed by atoms with E-state index in [4.69, 9.17) is 11.6 Å². The normalized spacial score (nSPS) is 19.2. The second-order valence-electron chi connectivity index (χ2n) is 8.20. The Morgan fingerprint density at radius 3 is 2.79 bits per heavy atom. The lowest BCUT2D eigenvalue weighted by atomic mass is 10.1. The molecule has 2 fully saturated rings. The minimum absolute atomic E-state index is 0.0410. The molecule has 5 rings (SSSR count). The molecule has 9 heteroatoms. The third-order valence-corrected chi connectivity index (χ3v) is 7.01. The van der Waals surface area contributed by atoms with E-state index in [1.807, 2.05) is 48.4 Å². The van der Waals surface area contributed by atoms with Crippen molar-refractivity contribution in [2.24, 2.45) is 4.99 Å². The standard InChI is InChI=1S/C25H22ClN5O2S/c1-30-9-11-31(12-10-30)24(33)18-5-6-19(26)21(15-18)28-25-29-23(32)22(34-25)14-16-4-7-20-17(13-16)3-2-8-27-20/h2-8,13-15H,9-12H2,1H3,(H,28,29,32). The van der Waals surface area contributed by atoms with Crippen molar-refractivity contribution in [2.75, 3.05) is 33.2 Å². The van der Waals surface area contributed by atoms with Crippen molar-refractivity contribution in [1.29, 1.82) is 0 Å². The van der Waals surface area contributed by atoms with Gasteiger partial charge in [-0.15, -0.1) is 0 Å². The molecule has 7 nitrogen and oxygen atoms in total. The molecule has 0 bridgehead atoms. The predicted octanol–water partition coefficient (Wildman–Crippen LogP) is 4.17. The first-order valence-electron chi connectivity index (χ1n) is 10.9. The highest BCUT2D eigenvalue weighted by molar-refractivity contribution is 8.18. The number of carbonyl (C=O) groups is 2. The first kappa shape index (κ1) is 22.6. The smallest absolute Gasteiger partial charge is 0.264 e. The largest absolute Gasteiger partial charge is 0.336 e. The molecule has 0 radical (unpaired) electrons. The van der Waals surface area contributed by atoms with Crippen LogP contribution in [0.1, 0.15) is 15.9 Å². The summed E-state index contributed by atoms with van der Waals surface area (Å²) in [6.07, 6.45) is 3.58. The maximum absolute atomic E-state index is 12.9. The first-order valence-corrected chi connectivity index (χ1v) is 12.1. The molecule has 2 saturated heterocycles. The number of rotatable bonds is 3. The van der Waals surface area contributed by atoms with Crippen LogP contribution in [0.15, 0.2) is 64.6 Å². The van der Waals surface area contributed by atoms with Crippen LogP contribution in [0.5, 0.6) is 0 Å². The van der Waals surface area contributed by atoms with Crippen molar-refractivity contribution >= 4 is 63.0 Å². The van der Waals surface area contributed by atoms with Crippen LogP contribution in [0.25, 0.3) is 17.0 Å². The number of amides is 2. The Bertz CT molecular complexity index is 1350. The Balaban J connectivity index is 1.36. The quantitative estimate of drug-likeness (QED) is 0.556. The van der Waals surface area contributed by atoms with Crippen LogP contribution in [0.4, 0.5) is 5.69 Å².